The molecule has 0 unspecified atom stereocenters. The fourth-order valence-electron chi connectivity index (χ4n) is 1.28. The predicted molar refractivity (Wildman–Crippen MR) is 62.1 cm³/mol. The van der Waals surface area contributed by atoms with E-state index >= 15 is 0 Å². The molecule has 0 radical (unpaired) electrons. The third kappa shape index (κ3) is 3.04. The molecule has 0 aliphatic rings. The van der Waals surface area contributed by atoms with E-state index in [1.807, 2.05) is 30.3 Å². The van der Waals surface area contributed by atoms with Crippen molar-refractivity contribution in [2.24, 2.45) is 0 Å². The molecule has 2 rings (SSSR count). The summed E-state index contributed by atoms with van der Waals surface area (Å²) in [6.07, 6.45) is 1.54. The summed E-state index contributed by atoms with van der Waals surface area (Å²) >= 11 is 0. The van der Waals surface area contributed by atoms with Crippen molar-refractivity contribution >= 4 is 5.97 Å². The number of carbonyl (C=O) groups is 1. The monoisotopic (exact) mass is 229 g/mol. The summed E-state index contributed by atoms with van der Waals surface area (Å²) in [7, 11) is 0. The fraction of sp³-hybridized carbons (Fsp3) is 0.0769. The van der Waals surface area contributed by atoms with Crippen LogP contribution in [0.15, 0.2) is 48.7 Å². The number of aromatic nitrogens is 1. The molecule has 4 nitrogen and oxygen atoms in total. The Morgan fingerprint density at radius 3 is 2.59 bits per heavy atom. The number of hydrogen-bond donors (Lipinski definition) is 0. The first kappa shape index (κ1) is 11.1. The Bertz CT molecular complexity index is 511. The Morgan fingerprint density at radius 2 is 1.88 bits per heavy atom. The first-order chi connectivity index (χ1) is 8.25. The van der Waals surface area contributed by atoms with E-state index < -0.39 is 5.97 Å². The summed E-state index contributed by atoms with van der Waals surface area (Å²) in [5.74, 6) is 0.813. The van der Waals surface area contributed by atoms with Crippen LogP contribution in [0.4, 0.5) is 0 Å². The van der Waals surface area contributed by atoms with Gasteiger partial charge in [0.1, 0.15) is 5.75 Å². The second kappa shape index (κ2) is 5.12. The molecule has 4 heteroatoms. The number of hydrogen-bond acceptors (Lipinski definition) is 4. The maximum Gasteiger partial charge on any atom is 0.309 e. The van der Waals surface area contributed by atoms with Crippen molar-refractivity contribution in [3.8, 4) is 17.4 Å². The van der Waals surface area contributed by atoms with Crippen molar-refractivity contribution in [3.63, 3.8) is 0 Å². The Kier molecular flexibility index (Phi) is 3.35. The topological polar surface area (TPSA) is 48.4 Å². The van der Waals surface area contributed by atoms with Gasteiger partial charge in [0.05, 0.1) is 0 Å². The summed E-state index contributed by atoms with van der Waals surface area (Å²) in [6, 6.07) is 12.6. The molecular weight excluding hydrogens is 218 g/mol. The third-order valence-corrected chi connectivity index (χ3v) is 1.95. The second-order valence-electron chi connectivity index (χ2n) is 3.32. The average Bonchev–Trinajstić information content (AvgIpc) is 2.32. The van der Waals surface area contributed by atoms with Crippen LogP contribution >= 0.6 is 0 Å². The molecule has 0 amide bonds. The van der Waals surface area contributed by atoms with Crippen molar-refractivity contribution in [3.05, 3.63) is 48.7 Å². The largest absolute Gasteiger partial charge is 0.452 e. The van der Waals surface area contributed by atoms with Crippen LogP contribution in [-0.2, 0) is 4.79 Å². The maximum absolute atomic E-state index is 10.9. The summed E-state index contributed by atoms with van der Waals surface area (Å²) < 4.78 is 10.5. The number of ether oxygens (including phenoxy) is 2. The normalized spacial score (nSPS) is 9.71. The van der Waals surface area contributed by atoms with Crippen molar-refractivity contribution in [2.45, 2.75) is 6.92 Å². The van der Waals surface area contributed by atoms with E-state index in [4.69, 9.17) is 9.47 Å². The molecular formula is C13H11NO3. The lowest BCUT2D eigenvalue weighted by atomic mass is 10.3. The number of para-hydroxylation sites is 1. The number of pyridine rings is 1. The van der Waals surface area contributed by atoms with Gasteiger partial charge < -0.3 is 9.47 Å². The summed E-state index contributed by atoms with van der Waals surface area (Å²) in [4.78, 5) is 14.8. The van der Waals surface area contributed by atoms with E-state index in [0.29, 0.717) is 11.5 Å². The van der Waals surface area contributed by atoms with Crippen LogP contribution < -0.4 is 9.47 Å². The Balaban J connectivity index is 2.23. The highest BCUT2D eigenvalue weighted by Gasteiger charge is 2.08. The van der Waals surface area contributed by atoms with Crippen molar-refractivity contribution in [1.29, 1.82) is 0 Å². The lowest BCUT2D eigenvalue weighted by molar-refractivity contribution is -0.132. The quantitative estimate of drug-likeness (QED) is 0.759. The van der Waals surface area contributed by atoms with E-state index in [1.54, 1.807) is 12.1 Å². The van der Waals surface area contributed by atoms with E-state index in [9.17, 15) is 4.79 Å². The Hall–Kier alpha value is -2.36. The predicted octanol–water partition coefficient (Wildman–Crippen LogP) is 2.80. The van der Waals surface area contributed by atoms with Gasteiger partial charge in [0, 0.05) is 13.1 Å². The summed E-state index contributed by atoms with van der Waals surface area (Å²) in [6.45, 7) is 1.32. The molecule has 0 aliphatic heterocycles. The molecule has 0 atom stereocenters. The zero-order valence-electron chi connectivity index (χ0n) is 9.29. The minimum atomic E-state index is -0.429. The van der Waals surface area contributed by atoms with E-state index in [-0.39, 0.29) is 5.88 Å². The smallest absolute Gasteiger partial charge is 0.309 e. The van der Waals surface area contributed by atoms with Crippen molar-refractivity contribution in [1.82, 2.24) is 4.98 Å². The molecule has 0 spiro atoms. The van der Waals surface area contributed by atoms with E-state index in [0.717, 1.165) is 0 Å². The second-order valence-corrected chi connectivity index (χ2v) is 3.32. The van der Waals surface area contributed by atoms with Gasteiger partial charge in [0.25, 0.3) is 5.88 Å². The number of rotatable bonds is 3. The van der Waals surface area contributed by atoms with Crippen LogP contribution in [0.3, 0.4) is 0 Å². The van der Waals surface area contributed by atoms with Gasteiger partial charge in [-0.05, 0) is 24.3 Å². The molecule has 0 aliphatic carbocycles. The molecule has 86 valence electrons. The summed E-state index contributed by atoms with van der Waals surface area (Å²) in [5, 5.41) is 0. The Morgan fingerprint density at radius 1 is 1.12 bits per heavy atom. The number of benzene rings is 1. The minimum Gasteiger partial charge on any atom is -0.452 e. The zero-order chi connectivity index (χ0) is 12.1. The SMILES string of the molecule is CC(=O)Oc1ncccc1Oc1ccccc1. The zero-order valence-corrected chi connectivity index (χ0v) is 9.29. The molecule has 1 heterocycles. The van der Waals surface area contributed by atoms with Crippen LogP contribution in [0.2, 0.25) is 0 Å². The summed E-state index contributed by atoms with van der Waals surface area (Å²) in [5.41, 5.74) is 0. The lowest BCUT2D eigenvalue weighted by Gasteiger charge is -2.08. The maximum atomic E-state index is 10.9. The van der Waals surface area contributed by atoms with Crippen molar-refractivity contribution < 1.29 is 14.3 Å². The van der Waals surface area contributed by atoms with E-state index in [2.05, 4.69) is 4.98 Å². The molecule has 0 saturated heterocycles. The minimum absolute atomic E-state index is 0.170. The van der Waals surface area contributed by atoms with E-state index in [1.165, 1.54) is 13.1 Å². The first-order valence-corrected chi connectivity index (χ1v) is 5.12. The van der Waals surface area contributed by atoms with Gasteiger partial charge in [-0.3, -0.25) is 4.79 Å². The average molecular weight is 229 g/mol. The van der Waals surface area contributed by atoms with Crippen molar-refractivity contribution in [2.75, 3.05) is 0 Å². The van der Waals surface area contributed by atoms with Gasteiger partial charge in [-0.2, -0.15) is 0 Å². The van der Waals surface area contributed by atoms with Gasteiger partial charge in [-0.1, -0.05) is 18.2 Å². The van der Waals surface area contributed by atoms with Crippen LogP contribution in [0.5, 0.6) is 17.4 Å². The molecule has 0 fully saturated rings. The van der Waals surface area contributed by atoms with Crippen LogP contribution in [0, 0.1) is 0 Å². The lowest BCUT2D eigenvalue weighted by Crippen LogP contribution is -2.04. The van der Waals surface area contributed by atoms with Gasteiger partial charge in [-0.15, -0.1) is 0 Å². The highest BCUT2D eigenvalue weighted by molar-refractivity contribution is 5.69. The van der Waals surface area contributed by atoms with Crippen LogP contribution in [-0.4, -0.2) is 11.0 Å². The number of esters is 1. The number of carbonyl (C=O) groups excluding carboxylic acids is 1. The third-order valence-electron chi connectivity index (χ3n) is 1.95. The standard InChI is InChI=1S/C13H11NO3/c1-10(15)16-13-12(8-5-9-14-13)17-11-6-3-2-4-7-11/h2-9H,1H3. The highest BCUT2D eigenvalue weighted by Crippen LogP contribution is 2.28. The van der Waals surface area contributed by atoms with Gasteiger partial charge in [0.2, 0.25) is 0 Å². The molecule has 17 heavy (non-hydrogen) atoms. The first-order valence-electron chi connectivity index (χ1n) is 5.12. The fourth-order valence-corrected chi connectivity index (χ4v) is 1.28. The van der Waals surface area contributed by atoms with Crippen LogP contribution in [0.1, 0.15) is 6.92 Å². The Labute approximate surface area is 98.8 Å². The molecule has 0 bridgehead atoms. The van der Waals surface area contributed by atoms with Gasteiger partial charge in [0.15, 0.2) is 5.75 Å². The molecule has 2 aromatic rings. The van der Waals surface area contributed by atoms with Gasteiger partial charge >= 0.3 is 5.97 Å². The van der Waals surface area contributed by atoms with Gasteiger partial charge in [-0.25, -0.2) is 4.98 Å². The number of nitrogens with zero attached hydrogens (tertiary/aromatic N) is 1. The highest BCUT2D eigenvalue weighted by atomic mass is 16.6. The van der Waals surface area contributed by atoms with Crippen LogP contribution in [0.25, 0.3) is 0 Å². The molecule has 1 aromatic carbocycles. The molecule has 0 saturated carbocycles. The molecule has 1 aromatic heterocycles. The molecule has 0 N–H and O–H groups in total.